The Balaban J connectivity index is 1.50. The molecule has 1 N–H and O–H groups in total. The second-order valence-corrected chi connectivity index (χ2v) is 8.78. The van der Waals surface area contributed by atoms with Crippen molar-refractivity contribution in [2.24, 2.45) is 5.92 Å². The topological polar surface area (TPSA) is 81.6 Å². The standard InChI is InChI=1S/C25H25N5O2/c1-16-7-5-6-10-19(16)30-23-18-11-12-26-24(18)28-13-20(23)29(25(30)31)15-22-27-14-21(32-22)17-8-3-2-4-9-17/h2-4,8-9,11-14,16,19H,5-7,10,15H2,1H3,(H,26,28)/t16-,19+/m1/s1. The Bertz CT molecular complexity index is 1460. The van der Waals surface area contributed by atoms with Gasteiger partial charge in [0.05, 0.1) is 23.4 Å². The Hall–Kier alpha value is -3.61. The summed E-state index contributed by atoms with van der Waals surface area (Å²) in [6, 6.07) is 12.1. The number of rotatable bonds is 4. The predicted molar refractivity (Wildman–Crippen MR) is 124 cm³/mol. The van der Waals surface area contributed by atoms with Crippen molar-refractivity contribution in [1.82, 2.24) is 24.1 Å². The number of nitrogens with one attached hydrogen (secondary N) is 1. The first-order valence-electron chi connectivity index (χ1n) is 11.3. The zero-order chi connectivity index (χ0) is 21.7. The molecular formula is C25H25N5O2. The first kappa shape index (κ1) is 19.1. The molecule has 4 aromatic heterocycles. The van der Waals surface area contributed by atoms with Crippen LogP contribution in [0.5, 0.6) is 0 Å². The van der Waals surface area contributed by atoms with E-state index in [0.29, 0.717) is 17.6 Å². The van der Waals surface area contributed by atoms with Crippen LogP contribution in [-0.2, 0) is 6.54 Å². The van der Waals surface area contributed by atoms with E-state index in [0.717, 1.165) is 46.9 Å². The minimum atomic E-state index is -0.0197. The van der Waals surface area contributed by atoms with Crippen LogP contribution in [0.25, 0.3) is 33.4 Å². The number of hydrogen-bond acceptors (Lipinski definition) is 4. The Morgan fingerprint density at radius 3 is 2.78 bits per heavy atom. The van der Waals surface area contributed by atoms with Crippen LogP contribution in [0.4, 0.5) is 0 Å². The molecule has 1 saturated carbocycles. The maximum Gasteiger partial charge on any atom is 0.329 e. The van der Waals surface area contributed by atoms with E-state index in [9.17, 15) is 4.79 Å². The Morgan fingerprint density at radius 1 is 1.09 bits per heavy atom. The van der Waals surface area contributed by atoms with Gasteiger partial charge in [0.15, 0.2) is 5.76 Å². The fourth-order valence-electron chi connectivity index (χ4n) is 5.16. The van der Waals surface area contributed by atoms with Crippen molar-refractivity contribution in [2.45, 2.75) is 45.2 Å². The van der Waals surface area contributed by atoms with Gasteiger partial charge in [0, 0.05) is 23.2 Å². The molecule has 0 saturated heterocycles. The van der Waals surface area contributed by atoms with Crippen LogP contribution in [0.2, 0.25) is 0 Å². The minimum absolute atomic E-state index is 0.0197. The van der Waals surface area contributed by atoms with Gasteiger partial charge in [-0.1, -0.05) is 50.1 Å². The maximum absolute atomic E-state index is 13.8. The van der Waals surface area contributed by atoms with E-state index in [1.165, 1.54) is 6.42 Å². The van der Waals surface area contributed by atoms with Crippen molar-refractivity contribution in [2.75, 3.05) is 0 Å². The average molecular weight is 428 g/mol. The molecule has 2 atom stereocenters. The van der Waals surface area contributed by atoms with Gasteiger partial charge in [0.25, 0.3) is 0 Å². The smallest absolute Gasteiger partial charge is 0.329 e. The highest BCUT2D eigenvalue weighted by Gasteiger charge is 2.29. The molecule has 4 heterocycles. The van der Waals surface area contributed by atoms with Gasteiger partial charge in [-0.05, 0) is 24.8 Å². The molecule has 6 rings (SSSR count). The van der Waals surface area contributed by atoms with Gasteiger partial charge in [-0.3, -0.25) is 9.13 Å². The summed E-state index contributed by atoms with van der Waals surface area (Å²) in [5, 5.41) is 0.980. The molecule has 1 aliphatic rings. The van der Waals surface area contributed by atoms with Gasteiger partial charge in [-0.2, -0.15) is 0 Å². The van der Waals surface area contributed by atoms with E-state index in [4.69, 9.17) is 4.42 Å². The number of nitrogens with zero attached hydrogens (tertiary/aromatic N) is 4. The SMILES string of the molecule is C[C@@H]1CCCC[C@@H]1n1c(=O)n(Cc2ncc(-c3ccccc3)o2)c2cnc3[nH]ccc3c21. The third-order valence-corrected chi connectivity index (χ3v) is 6.81. The summed E-state index contributed by atoms with van der Waals surface area (Å²) < 4.78 is 9.79. The Labute approximate surface area is 184 Å². The van der Waals surface area contributed by atoms with Crippen LogP contribution in [0.3, 0.4) is 0 Å². The number of oxazole rings is 1. The molecule has 5 aromatic rings. The highest BCUT2D eigenvalue weighted by atomic mass is 16.4. The lowest BCUT2D eigenvalue weighted by Gasteiger charge is -2.29. The number of fused-ring (bicyclic) bond motifs is 3. The first-order chi connectivity index (χ1) is 15.7. The van der Waals surface area contributed by atoms with E-state index < -0.39 is 0 Å². The Kier molecular flexibility index (Phi) is 4.48. The van der Waals surface area contributed by atoms with Gasteiger partial charge in [-0.25, -0.2) is 14.8 Å². The van der Waals surface area contributed by atoms with Crippen LogP contribution >= 0.6 is 0 Å². The monoisotopic (exact) mass is 427 g/mol. The maximum atomic E-state index is 13.8. The normalized spacial score (nSPS) is 19.2. The van der Waals surface area contributed by atoms with Gasteiger partial charge in [0.2, 0.25) is 5.89 Å². The molecule has 1 aromatic carbocycles. The van der Waals surface area contributed by atoms with Crippen molar-refractivity contribution >= 4 is 22.1 Å². The molecule has 1 fully saturated rings. The number of benzene rings is 1. The summed E-state index contributed by atoms with van der Waals surface area (Å²) >= 11 is 0. The molecule has 0 spiro atoms. The summed E-state index contributed by atoms with van der Waals surface area (Å²) in [5.74, 6) is 1.66. The van der Waals surface area contributed by atoms with Crippen LogP contribution < -0.4 is 5.69 Å². The predicted octanol–water partition coefficient (Wildman–Crippen LogP) is 5.13. The highest BCUT2D eigenvalue weighted by molar-refractivity contribution is 6.01. The van der Waals surface area contributed by atoms with E-state index >= 15 is 0 Å². The Morgan fingerprint density at radius 2 is 1.94 bits per heavy atom. The zero-order valence-electron chi connectivity index (χ0n) is 18.0. The molecule has 7 heteroatoms. The van der Waals surface area contributed by atoms with Gasteiger partial charge < -0.3 is 9.40 Å². The lowest BCUT2D eigenvalue weighted by molar-refractivity contribution is 0.256. The van der Waals surface area contributed by atoms with Crippen LogP contribution in [-0.4, -0.2) is 24.1 Å². The second-order valence-electron chi connectivity index (χ2n) is 8.78. The van der Waals surface area contributed by atoms with E-state index in [-0.39, 0.29) is 18.3 Å². The fourth-order valence-corrected chi connectivity index (χ4v) is 5.16. The van der Waals surface area contributed by atoms with Gasteiger partial charge in [-0.15, -0.1) is 0 Å². The van der Waals surface area contributed by atoms with Crippen LogP contribution in [0.15, 0.2) is 64.2 Å². The number of hydrogen-bond donors (Lipinski definition) is 1. The summed E-state index contributed by atoms with van der Waals surface area (Å²) in [7, 11) is 0. The lowest BCUT2D eigenvalue weighted by atomic mass is 9.85. The third-order valence-electron chi connectivity index (χ3n) is 6.81. The molecule has 0 aliphatic heterocycles. The van der Waals surface area contributed by atoms with Gasteiger partial charge >= 0.3 is 5.69 Å². The lowest BCUT2D eigenvalue weighted by Crippen LogP contribution is -2.32. The van der Waals surface area contributed by atoms with E-state index in [2.05, 4.69) is 21.9 Å². The molecule has 0 bridgehead atoms. The molecule has 0 unspecified atom stereocenters. The molecule has 0 amide bonds. The van der Waals surface area contributed by atoms with E-state index in [1.54, 1.807) is 17.0 Å². The minimum Gasteiger partial charge on any atom is -0.439 e. The molecule has 0 radical (unpaired) electrons. The highest BCUT2D eigenvalue weighted by Crippen LogP contribution is 2.36. The van der Waals surface area contributed by atoms with Crippen molar-refractivity contribution in [3.8, 4) is 11.3 Å². The first-order valence-corrected chi connectivity index (χ1v) is 11.3. The average Bonchev–Trinajstić information content (AvgIpc) is 3.54. The summed E-state index contributed by atoms with van der Waals surface area (Å²) in [6.07, 6.45) is 9.94. The number of H-pyrrole nitrogens is 1. The number of aromatic amines is 1. The summed E-state index contributed by atoms with van der Waals surface area (Å²) in [5.41, 5.74) is 3.52. The molecule has 32 heavy (non-hydrogen) atoms. The summed E-state index contributed by atoms with van der Waals surface area (Å²) in [4.78, 5) is 26.0. The van der Waals surface area contributed by atoms with Crippen molar-refractivity contribution in [3.63, 3.8) is 0 Å². The molecule has 162 valence electrons. The van der Waals surface area contributed by atoms with Gasteiger partial charge in [0.1, 0.15) is 12.2 Å². The van der Waals surface area contributed by atoms with Crippen LogP contribution in [0.1, 0.15) is 44.5 Å². The summed E-state index contributed by atoms with van der Waals surface area (Å²) in [6.45, 7) is 2.53. The molecule has 7 nitrogen and oxygen atoms in total. The van der Waals surface area contributed by atoms with Crippen molar-refractivity contribution in [3.05, 3.63) is 71.4 Å². The number of imidazole rings is 1. The fraction of sp³-hybridized carbons (Fsp3) is 0.320. The number of aromatic nitrogens is 5. The third kappa shape index (κ3) is 2.99. The van der Waals surface area contributed by atoms with Crippen LogP contribution in [0, 0.1) is 5.92 Å². The second kappa shape index (κ2) is 7.51. The van der Waals surface area contributed by atoms with E-state index in [1.807, 2.05) is 47.2 Å². The molecular weight excluding hydrogens is 402 g/mol. The number of pyridine rings is 1. The van der Waals surface area contributed by atoms with Crippen molar-refractivity contribution < 1.29 is 4.42 Å². The zero-order valence-corrected chi connectivity index (χ0v) is 18.0. The molecule has 1 aliphatic carbocycles. The quantitative estimate of drug-likeness (QED) is 0.431. The van der Waals surface area contributed by atoms with Crippen molar-refractivity contribution in [1.29, 1.82) is 0 Å². The largest absolute Gasteiger partial charge is 0.439 e.